The molecule has 14 heavy (non-hydrogen) atoms. The molecule has 1 aliphatic rings. The van der Waals surface area contributed by atoms with Crippen LogP contribution in [0.3, 0.4) is 0 Å². The Balaban J connectivity index is 2.32. The second-order valence-electron chi connectivity index (χ2n) is 4.08. The fraction of sp³-hybridized carbons (Fsp3) is 0.800. The van der Waals surface area contributed by atoms with Crippen molar-refractivity contribution in [3.63, 3.8) is 0 Å². The quantitative estimate of drug-likeness (QED) is 0.713. The molecule has 80 valence electrons. The Bertz CT molecular complexity index is 227. The zero-order valence-corrected chi connectivity index (χ0v) is 8.45. The third kappa shape index (κ3) is 3.36. The molecule has 1 fully saturated rings. The van der Waals surface area contributed by atoms with Gasteiger partial charge in [-0.15, -0.1) is 0 Å². The molecule has 0 saturated heterocycles. The second-order valence-corrected chi connectivity index (χ2v) is 4.08. The van der Waals surface area contributed by atoms with Gasteiger partial charge in [-0.1, -0.05) is 19.8 Å². The first-order valence-corrected chi connectivity index (χ1v) is 5.09. The summed E-state index contributed by atoms with van der Waals surface area (Å²) in [4.78, 5) is 21.7. The molecule has 1 saturated carbocycles. The van der Waals surface area contributed by atoms with Crippen LogP contribution in [0, 0.1) is 11.8 Å². The molecule has 0 spiro atoms. The minimum absolute atomic E-state index is 0.0260. The molecule has 0 radical (unpaired) electrons. The Hall–Kier alpha value is -1.06. The van der Waals surface area contributed by atoms with Gasteiger partial charge in [0.2, 0.25) is 5.91 Å². The maximum Gasteiger partial charge on any atom is 0.322 e. The van der Waals surface area contributed by atoms with E-state index in [0.29, 0.717) is 5.92 Å². The maximum absolute atomic E-state index is 11.5. The van der Waals surface area contributed by atoms with Crippen molar-refractivity contribution in [2.75, 3.05) is 6.54 Å². The van der Waals surface area contributed by atoms with Crippen LogP contribution in [-0.4, -0.2) is 23.5 Å². The smallest absolute Gasteiger partial charge is 0.322 e. The van der Waals surface area contributed by atoms with Crippen molar-refractivity contribution in [1.29, 1.82) is 0 Å². The molecule has 1 aliphatic carbocycles. The fourth-order valence-electron chi connectivity index (χ4n) is 1.98. The lowest BCUT2D eigenvalue weighted by Gasteiger charge is -2.25. The van der Waals surface area contributed by atoms with Crippen molar-refractivity contribution in [2.24, 2.45) is 11.8 Å². The van der Waals surface area contributed by atoms with E-state index in [-0.39, 0.29) is 18.4 Å². The van der Waals surface area contributed by atoms with Crippen LogP contribution in [0.5, 0.6) is 0 Å². The van der Waals surface area contributed by atoms with Crippen molar-refractivity contribution in [3.05, 3.63) is 0 Å². The van der Waals surface area contributed by atoms with Crippen molar-refractivity contribution in [1.82, 2.24) is 5.32 Å². The molecule has 1 amide bonds. The first-order chi connectivity index (χ1) is 6.59. The van der Waals surface area contributed by atoms with Crippen molar-refractivity contribution in [2.45, 2.75) is 32.6 Å². The van der Waals surface area contributed by atoms with Gasteiger partial charge in [0.25, 0.3) is 0 Å². The molecule has 0 aliphatic heterocycles. The molecule has 4 heteroatoms. The topological polar surface area (TPSA) is 66.4 Å². The SMILES string of the molecule is C[C@@H]1CCC[C@H](C(=O)NCC(=O)O)C1. The highest BCUT2D eigenvalue weighted by atomic mass is 16.4. The van der Waals surface area contributed by atoms with Gasteiger partial charge >= 0.3 is 5.97 Å². The number of hydrogen-bond donors (Lipinski definition) is 2. The molecule has 0 heterocycles. The number of aliphatic carboxylic acids is 1. The van der Waals surface area contributed by atoms with Gasteiger partial charge in [0.1, 0.15) is 6.54 Å². The Morgan fingerprint density at radius 3 is 2.71 bits per heavy atom. The second kappa shape index (κ2) is 4.98. The normalized spacial score (nSPS) is 26.9. The fourth-order valence-corrected chi connectivity index (χ4v) is 1.98. The third-order valence-corrected chi connectivity index (χ3v) is 2.72. The van der Waals surface area contributed by atoms with Crippen LogP contribution in [0.25, 0.3) is 0 Å². The van der Waals surface area contributed by atoms with Crippen molar-refractivity contribution in [3.8, 4) is 0 Å². The largest absolute Gasteiger partial charge is 0.480 e. The molecular formula is C10H17NO3. The van der Waals surface area contributed by atoms with E-state index in [1.165, 1.54) is 6.42 Å². The highest BCUT2D eigenvalue weighted by Gasteiger charge is 2.24. The number of amides is 1. The summed E-state index contributed by atoms with van der Waals surface area (Å²) in [5.74, 6) is -0.469. The number of carbonyl (C=O) groups is 2. The van der Waals surface area contributed by atoms with Crippen LogP contribution < -0.4 is 5.32 Å². The van der Waals surface area contributed by atoms with Crippen LogP contribution in [0.2, 0.25) is 0 Å². The van der Waals surface area contributed by atoms with E-state index in [1.807, 2.05) is 0 Å². The minimum Gasteiger partial charge on any atom is -0.480 e. The minimum atomic E-state index is -0.984. The lowest BCUT2D eigenvalue weighted by Crippen LogP contribution is -2.36. The Kier molecular flexibility index (Phi) is 3.92. The predicted molar refractivity (Wildman–Crippen MR) is 51.8 cm³/mol. The summed E-state index contributed by atoms with van der Waals surface area (Å²) in [6.45, 7) is 1.88. The van der Waals surface area contributed by atoms with Gasteiger partial charge in [-0.2, -0.15) is 0 Å². The summed E-state index contributed by atoms with van der Waals surface area (Å²) in [7, 11) is 0. The molecule has 4 nitrogen and oxygen atoms in total. The van der Waals surface area contributed by atoms with Gasteiger partial charge in [0.05, 0.1) is 0 Å². The summed E-state index contributed by atoms with van der Waals surface area (Å²) in [5.41, 5.74) is 0. The van der Waals surface area contributed by atoms with Crippen LogP contribution in [-0.2, 0) is 9.59 Å². The van der Waals surface area contributed by atoms with E-state index in [4.69, 9.17) is 5.11 Å². The first-order valence-electron chi connectivity index (χ1n) is 5.09. The Morgan fingerprint density at radius 1 is 1.43 bits per heavy atom. The predicted octanol–water partition coefficient (Wildman–Crippen LogP) is 1.01. The monoisotopic (exact) mass is 199 g/mol. The van der Waals surface area contributed by atoms with Crippen molar-refractivity contribution < 1.29 is 14.7 Å². The van der Waals surface area contributed by atoms with Gasteiger partial charge in [0, 0.05) is 5.92 Å². The lowest BCUT2D eigenvalue weighted by molar-refractivity contribution is -0.138. The third-order valence-electron chi connectivity index (χ3n) is 2.72. The number of carboxylic acids is 1. The molecule has 0 aromatic carbocycles. The van der Waals surface area contributed by atoms with E-state index in [2.05, 4.69) is 12.2 Å². The van der Waals surface area contributed by atoms with E-state index in [9.17, 15) is 9.59 Å². The van der Waals surface area contributed by atoms with E-state index >= 15 is 0 Å². The Labute approximate surface area is 83.7 Å². The highest BCUT2D eigenvalue weighted by molar-refractivity contribution is 5.82. The number of hydrogen-bond acceptors (Lipinski definition) is 2. The zero-order valence-electron chi connectivity index (χ0n) is 8.45. The first kappa shape index (κ1) is 11.0. The number of carboxylic acid groups (broad SMARTS) is 1. The highest BCUT2D eigenvalue weighted by Crippen LogP contribution is 2.28. The molecule has 2 atom stereocenters. The van der Waals surface area contributed by atoms with Gasteiger partial charge in [0.15, 0.2) is 0 Å². The summed E-state index contributed by atoms with van der Waals surface area (Å²) in [5, 5.41) is 10.8. The summed E-state index contributed by atoms with van der Waals surface area (Å²) >= 11 is 0. The van der Waals surface area contributed by atoms with E-state index < -0.39 is 5.97 Å². The zero-order chi connectivity index (χ0) is 10.6. The molecule has 0 unspecified atom stereocenters. The molecule has 0 aromatic rings. The van der Waals surface area contributed by atoms with E-state index in [0.717, 1.165) is 19.3 Å². The van der Waals surface area contributed by atoms with E-state index in [1.54, 1.807) is 0 Å². The summed E-state index contributed by atoms with van der Waals surface area (Å²) in [6, 6.07) is 0. The van der Waals surface area contributed by atoms with Crippen LogP contribution in [0.4, 0.5) is 0 Å². The number of nitrogens with one attached hydrogen (secondary N) is 1. The van der Waals surface area contributed by atoms with Gasteiger partial charge in [-0.25, -0.2) is 0 Å². The average Bonchev–Trinajstić information content (AvgIpc) is 2.14. The van der Waals surface area contributed by atoms with Crippen LogP contribution in [0.1, 0.15) is 32.6 Å². The van der Waals surface area contributed by atoms with Crippen LogP contribution >= 0.6 is 0 Å². The summed E-state index contributed by atoms with van der Waals surface area (Å²) < 4.78 is 0. The van der Waals surface area contributed by atoms with Crippen LogP contribution in [0.15, 0.2) is 0 Å². The molecule has 1 rings (SSSR count). The molecule has 0 bridgehead atoms. The number of rotatable bonds is 3. The lowest BCUT2D eigenvalue weighted by atomic mass is 9.82. The van der Waals surface area contributed by atoms with Crippen molar-refractivity contribution >= 4 is 11.9 Å². The van der Waals surface area contributed by atoms with Gasteiger partial charge in [-0.3, -0.25) is 9.59 Å². The molecule has 2 N–H and O–H groups in total. The maximum atomic E-state index is 11.5. The van der Waals surface area contributed by atoms with Gasteiger partial charge in [-0.05, 0) is 18.8 Å². The average molecular weight is 199 g/mol. The standard InChI is InChI=1S/C10H17NO3/c1-7-3-2-4-8(5-7)10(14)11-6-9(12)13/h7-8H,2-6H2,1H3,(H,11,14)(H,12,13)/t7-,8+/m1/s1. The molecule has 0 aromatic heterocycles. The van der Waals surface area contributed by atoms with Gasteiger partial charge < -0.3 is 10.4 Å². The Morgan fingerprint density at radius 2 is 2.14 bits per heavy atom. The summed E-state index contributed by atoms with van der Waals surface area (Å²) in [6.07, 6.45) is 4.05. The number of carbonyl (C=O) groups excluding carboxylic acids is 1. The molecular weight excluding hydrogens is 182 g/mol.